The average molecular weight is 642 g/mol. The van der Waals surface area contributed by atoms with E-state index in [2.05, 4.69) is 10.2 Å². The fourth-order valence-corrected chi connectivity index (χ4v) is 7.19. The highest BCUT2D eigenvalue weighted by atomic mass is 35.5. The number of benzene rings is 1. The zero-order valence-electron chi connectivity index (χ0n) is 21.5. The Bertz CT molecular complexity index is 1500. The summed E-state index contributed by atoms with van der Waals surface area (Å²) in [6.45, 7) is 4.42. The van der Waals surface area contributed by atoms with Crippen LogP contribution in [0.2, 0.25) is 10.0 Å². The third-order valence-corrected chi connectivity index (χ3v) is 10.1. The van der Waals surface area contributed by atoms with Crippen molar-refractivity contribution in [2.45, 2.75) is 75.6 Å². The van der Waals surface area contributed by atoms with Crippen LogP contribution in [0.1, 0.15) is 51.6 Å². The lowest BCUT2D eigenvalue weighted by Gasteiger charge is -2.24. The van der Waals surface area contributed by atoms with Crippen LogP contribution in [0.25, 0.3) is 21.3 Å². The van der Waals surface area contributed by atoms with Gasteiger partial charge in [0.15, 0.2) is 5.01 Å². The summed E-state index contributed by atoms with van der Waals surface area (Å²) in [5.41, 5.74) is 0.174. The van der Waals surface area contributed by atoms with Gasteiger partial charge in [-0.1, -0.05) is 48.5 Å². The lowest BCUT2D eigenvalue weighted by molar-refractivity contribution is -0.147. The van der Waals surface area contributed by atoms with Gasteiger partial charge in [0, 0.05) is 5.56 Å². The van der Waals surface area contributed by atoms with Crippen molar-refractivity contribution in [2.24, 2.45) is 5.92 Å². The molecule has 4 rings (SSSR count). The van der Waals surface area contributed by atoms with E-state index >= 15 is 0 Å². The summed E-state index contributed by atoms with van der Waals surface area (Å²) >= 11 is 14.0. The maximum absolute atomic E-state index is 13.0. The molecule has 1 aromatic carbocycles. The van der Waals surface area contributed by atoms with Crippen molar-refractivity contribution in [1.82, 2.24) is 19.9 Å². The van der Waals surface area contributed by atoms with Gasteiger partial charge in [0.25, 0.3) is 12.4 Å². The second-order valence-corrected chi connectivity index (χ2v) is 13.5. The van der Waals surface area contributed by atoms with E-state index in [0.717, 1.165) is 25.3 Å². The summed E-state index contributed by atoms with van der Waals surface area (Å²) in [6, 6.07) is 0.169. The zero-order valence-corrected chi connectivity index (χ0v) is 24.7. The Kier molecular flexibility index (Phi) is 8.86. The molecule has 9 nitrogen and oxygen atoms in total. The molecule has 0 spiro atoms. The van der Waals surface area contributed by atoms with Gasteiger partial charge in [-0.05, 0) is 39.2 Å². The molecule has 218 valence electrons. The summed E-state index contributed by atoms with van der Waals surface area (Å²) in [6.07, 6.45) is -0.846. The maximum atomic E-state index is 13.0. The van der Waals surface area contributed by atoms with E-state index in [4.69, 9.17) is 37.3 Å². The second kappa shape index (κ2) is 11.6. The standard InChI is InChI=1S/C24H25Cl2F3N4O5S2/c1-12(24(27,28)29)33-40(35,36)16-8-7-14(18(25)19(16)26)20-15(9-13-5-4-6-13)30-22(39-20)21-32-31-17(38-21)10-23(2,3)37-11-34/h7-8,11-13,33H,4-6,9-10H2,1-3H3/t12-/m0/s1. The van der Waals surface area contributed by atoms with Crippen LogP contribution < -0.4 is 4.72 Å². The third-order valence-electron chi connectivity index (χ3n) is 6.40. The smallest absolute Gasteiger partial charge is 0.404 e. The largest absolute Gasteiger partial charge is 0.461 e. The van der Waals surface area contributed by atoms with Gasteiger partial charge in [0.05, 0.1) is 27.0 Å². The number of sulfonamides is 1. The van der Waals surface area contributed by atoms with Crippen molar-refractivity contribution in [3.63, 3.8) is 0 Å². The number of rotatable bonds is 11. The molecule has 0 amide bonds. The fourth-order valence-electron chi connectivity index (χ4n) is 3.99. The molecule has 0 aliphatic heterocycles. The summed E-state index contributed by atoms with van der Waals surface area (Å²) in [4.78, 5) is 15.5. The first kappa shape index (κ1) is 30.7. The molecule has 1 aliphatic rings. The van der Waals surface area contributed by atoms with Gasteiger partial charge in [-0.15, -0.1) is 21.5 Å². The Morgan fingerprint density at radius 2 is 1.93 bits per heavy atom. The van der Waals surface area contributed by atoms with Crippen LogP contribution in [0.4, 0.5) is 13.2 Å². The van der Waals surface area contributed by atoms with E-state index in [1.165, 1.54) is 17.4 Å². The molecular formula is C24H25Cl2F3N4O5S2. The highest BCUT2D eigenvalue weighted by molar-refractivity contribution is 7.89. The number of nitrogens with zero attached hydrogens (tertiary/aromatic N) is 3. The lowest BCUT2D eigenvalue weighted by atomic mass is 9.82. The molecule has 1 aliphatic carbocycles. The van der Waals surface area contributed by atoms with Crippen LogP contribution in [0.5, 0.6) is 0 Å². The van der Waals surface area contributed by atoms with Crippen LogP contribution in [-0.4, -0.2) is 47.9 Å². The minimum atomic E-state index is -4.79. The molecule has 1 atom stereocenters. The number of ether oxygens (including phenoxy) is 1. The monoisotopic (exact) mass is 640 g/mol. The fraction of sp³-hybridized carbons (Fsp3) is 0.500. The first-order chi connectivity index (χ1) is 18.6. The van der Waals surface area contributed by atoms with Crippen molar-refractivity contribution in [2.75, 3.05) is 0 Å². The SMILES string of the molecule is C[C@H](NS(=O)(=O)c1ccc(-c2sc(-c3nnc(CC(C)(C)OC=O)o3)nc2CC2CCC2)c(Cl)c1Cl)C(F)(F)F. The summed E-state index contributed by atoms with van der Waals surface area (Å²) in [5.74, 6) is 0.764. The summed E-state index contributed by atoms with van der Waals surface area (Å²) < 4.78 is 76.7. The number of thiazole rings is 1. The number of hydrogen-bond acceptors (Lipinski definition) is 9. The number of carbonyl (C=O) groups is 1. The van der Waals surface area contributed by atoms with E-state index in [9.17, 15) is 26.4 Å². The maximum Gasteiger partial charge on any atom is 0.404 e. The van der Waals surface area contributed by atoms with Crippen molar-refractivity contribution in [3.8, 4) is 21.3 Å². The second-order valence-electron chi connectivity index (χ2n) is 10.1. The Balaban J connectivity index is 1.70. The van der Waals surface area contributed by atoms with E-state index < -0.39 is 37.8 Å². The highest BCUT2D eigenvalue weighted by Crippen LogP contribution is 2.44. The van der Waals surface area contributed by atoms with Crippen LogP contribution in [0.15, 0.2) is 21.4 Å². The number of nitrogens with one attached hydrogen (secondary N) is 1. The topological polar surface area (TPSA) is 124 Å². The number of carbonyl (C=O) groups excluding carboxylic acids is 1. The molecule has 1 N–H and O–H groups in total. The minimum absolute atomic E-state index is 0.134. The first-order valence-corrected chi connectivity index (χ1v) is 15.2. The first-order valence-electron chi connectivity index (χ1n) is 12.1. The number of alkyl halides is 3. The van der Waals surface area contributed by atoms with Gasteiger partial charge in [0.2, 0.25) is 15.9 Å². The molecule has 0 radical (unpaired) electrons. The molecular weight excluding hydrogens is 616 g/mol. The Hall–Kier alpha value is -2.26. The minimum Gasteiger partial charge on any atom is -0.461 e. The molecule has 3 aromatic rings. The number of aromatic nitrogens is 3. The van der Waals surface area contributed by atoms with Gasteiger partial charge >= 0.3 is 6.18 Å². The average Bonchev–Trinajstić information content (AvgIpc) is 3.43. The Morgan fingerprint density at radius 1 is 1.23 bits per heavy atom. The summed E-state index contributed by atoms with van der Waals surface area (Å²) in [7, 11) is -4.64. The van der Waals surface area contributed by atoms with Crippen molar-refractivity contribution >= 4 is 51.0 Å². The quantitative estimate of drug-likeness (QED) is 0.245. The molecule has 0 saturated heterocycles. The van der Waals surface area contributed by atoms with Crippen molar-refractivity contribution in [1.29, 1.82) is 0 Å². The van der Waals surface area contributed by atoms with Gasteiger partial charge in [0.1, 0.15) is 16.5 Å². The van der Waals surface area contributed by atoms with Crippen molar-refractivity contribution in [3.05, 3.63) is 33.8 Å². The predicted molar refractivity (Wildman–Crippen MR) is 143 cm³/mol. The molecule has 1 fully saturated rings. The molecule has 2 aromatic heterocycles. The van der Waals surface area contributed by atoms with Crippen LogP contribution in [0.3, 0.4) is 0 Å². The predicted octanol–water partition coefficient (Wildman–Crippen LogP) is 6.23. The van der Waals surface area contributed by atoms with Crippen LogP contribution >= 0.6 is 34.5 Å². The molecule has 1 saturated carbocycles. The van der Waals surface area contributed by atoms with E-state index in [1.54, 1.807) is 18.6 Å². The molecule has 40 heavy (non-hydrogen) atoms. The van der Waals surface area contributed by atoms with Gasteiger partial charge in [-0.3, -0.25) is 4.79 Å². The lowest BCUT2D eigenvalue weighted by Crippen LogP contribution is -2.43. The van der Waals surface area contributed by atoms with E-state index in [0.29, 0.717) is 46.9 Å². The van der Waals surface area contributed by atoms with Gasteiger partial charge < -0.3 is 9.15 Å². The highest BCUT2D eigenvalue weighted by Gasteiger charge is 2.39. The Morgan fingerprint density at radius 3 is 2.52 bits per heavy atom. The normalized spacial score (nSPS) is 15.6. The van der Waals surface area contributed by atoms with Gasteiger partial charge in [-0.25, -0.2) is 13.4 Å². The summed E-state index contributed by atoms with van der Waals surface area (Å²) in [5, 5.41) is 7.93. The van der Waals surface area contributed by atoms with Gasteiger partial charge in [-0.2, -0.15) is 17.9 Å². The van der Waals surface area contributed by atoms with E-state index in [-0.39, 0.29) is 23.2 Å². The molecule has 0 bridgehead atoms. The van der Waals surface area contributed by atoms with Crippen LogP contribution in [-0.2, 0) is 32.4 Å². The molecule has 2 heterocycles. The molecule has 0 unspecified atom stereocenters. The van der Waals surface area contributed by atoms with E-state index in [1.807, 2.05) is 0 Å². The van der Waals surface area contributed by atoms with Crippen LogP contribution in [0, 0.1) is 5.92 Å². The number of halogens is 5. The molecule has 16 heteroatoms. The zero-order chi connectivity index (χ0) is 29.5. The Labute approximate surface area is 242 Å². The number of hydrogen-bond donors (Lipinski definition) is 1. The third kappa shape index (κ3) is 6.78. The van der Waals surface area contributed by atoms with Crippen molar-refractivity contribution < 1.29 is 35.5 Å².